The molecule has 59 heavy (non-hydrogen) atoms. The average molecular weight is 834 g/mol. The zero-order chi connectivity index (χ0) is 43.5. The van der Waals surface area contributed by atoms with Crippen LogP contribution in [0.3, 0.4) is 0 Å². The summed E-state index contributed by atoms with van der Waals surface area (Å²) >= 11 is 0. The lowest BCUT2D eigenvalue weighted by molar-refractivity contribution is -0.889. The first-order valence-electron chi connectivity index (χ1n) is 24.9. The molecule has 0 radical (unpaired) electrons. The SMILES string of the molecule is CCCCCCCCC/C=C/CCCCCCCC(=O)OC(COCCC(C(=O)[O-])[N+](C)(C)C)COC(=O)CCCCCCCCC/C=C/CCCCCCCCCC. The predicted octanol–water partition coefficient (Wildman–Crippen LogP) is 12.7. The van der Waals surface area contributed by atoms with E-state index >= 15 is 0 Å². The number of esters is 2. The van der Waals surface area contributed by atoms with Crippen LogP contribution in [-0.2, 0) is 28.6 Å². The van der Waals surface area contributed by atoms with Gasteiger partial charge in [-0.15, -0.1) is 0 Å². The lowest BCUT2D eigenvalue weighted by Gasteiger charge is -2.34. The van der Waals surface area contributed by atoms with E-state index in [1.54, 1.807) is 21.1 Å². The average Bonchev–Trinajstić information content (AvgIpc) is 3.19. The van der Waals surface area contributed by atoms with E-state index in [0.717, 1.165) is 51.4 Å². The number of quaternary nitrogens is 1. The summed E-state index contributed by atoms with van der Waals surface area (Å²) in [7, 11) is 5.41. The van der Waals surface area contributed by atoms with Gasteiger partial charge in [0, 0.05) is 19.3 Å². The van der Waals surface area contributed by atoms with Crippen LogP contribution in [0.25, 0.3) is 0 Å². The summed E-state index contributed by atoms with van der Waals surface area (Å²) in [6, 6.07) is -0.726. The monoisotopic (exact) mass is 834 g/mol. The molecule has 8 nitrogen and oxygen atoms in total. The Morgan fingerprint density at radius 1 is 0.492 bits per heavy atom. The minimum Gasteiger partial charge on any atom is -0.544 e. The van der Waals surface area contributed by atoms with Gasteiger partial charge in [-0.05, 0) is 64.2 Å². The molecule has 0 bridgehead atoms. The van der Waals surface area contributed by atoms with Crippen LogP contribution < -0.4 is 5.11 Å². The van der Waals surface area contributed by atoms with Crippen molar-refractivity contribution in [1.29, 1.82) is 0 Å². The quantitative estimate of drug-likeness (QED) is 0.0260. The van der Waals surface area contributed by atoms with Crippen molar-refractivity contribution >= 4 is 17.9 Å². The number of hydrogen-bond acceptors (Lipinski definition) is 7. The van der Waals surface area contributed by atoms with Crippen molar-refractivity contribution in [2.45, 2.75) is 244 Å². The van der Waals surface area contributed by atoms with E-state index in [1.807, 2.05) is 0 Å². The lowest BCUT2D eigenvalue weighted by atomic mass is 10.1. The van der Waals surface area contributed by atoms with Crippen LogP contribution >= 0.6 is 0 Å². The number of hydrogen-bond donors (Lipinski definition) is 0. The van der Waals surface area contributed by atoms with Crippen LogP contribution in [0.2, 0.25) is 0 Å². The zero-order valence-electron chi connectivity index (χ0n) is 39.4. The third-order valence-corrected chi connectivity index (χ3v) is 11.3. The number of nitrogens with zero attached hydrogens (tertiary/aromatic N) is 1. The van der Waals surface area contributed by atoms with E-state index < -0.39 is 18.1 Å². The number of aliphatic carboxylic acids is 1. The van der Waals surface area contributed by atoms with Gasteiger partial charge in [0.05, 0.1) is 40.3 Å². The second-order valence-corrected chi connectivity index (χ2v) is 18.0. The van der Waals surface area contributed by atoms with Crippen LogP contribution in [0.4, 0.5) is 0 Å². The molecule has 8 heteroatoms. The van der Waals surface area contributed by atoms with Gasteiger partial charge < -0.3 is 28.6 Å². The van der Waals surface area contributed by atoms with Crippen LogP contribution in [0, 0.1) is 0 Å². The maximum absolute atomic E-state index is 12.7. The first-order valence-corrected chi connectivity index (χ1v) is 24.9. The third kappa shape index (κ3) is 41.0. The molecule has 0 aliphatic heterocycles. The standard InChI is InChI=1S/C51H95NO7/c1-6-8-10-12-14-16-18-20-22-24-25-26-28-29-31-33-35-37-39-41-49(53)58-46-47(45-57-44-43-48(51(55)56)52(3,4)5)59-50(54)42-40-38-36-34-32-30-27-23-21-19-17-15-13-11-9-7-2/h23-25,27,47-48H,6-22,26,28-46H2,1-5H3/b25-24+,27-23+. The first kappa shape index (κ1) is 56.8. The van der Waals surface area contributed by atoms with Crippen molar-refractivity contribution in [2.75, 3.05) is 41.0 Å². The van der Waals surface area contributed by atoms with Crippen molar-refractivity contribution < 1.29 is 38.2 Å². The second-order valence-electron chi connectivity index (χ2n) is 18.0. The van der Waals surface area contributed by atoms with Gasteiger partial charge in [-0.2, -0.15) is 0 Å². The Balaban J connectivity index is 4.27. The molecule has 0 aliphatic carbocycles. The topological polar surface area (TPSA) is 102 Å². The number of unbranched alkanes of at least 4 members (excludes halogenated alkanes) is 27. The molecule has 0 N–H and O–H groups in total. The number of ether oxygens (including phenoxy) is 3. The largest absolute Gasteiger partial charge is 0.544 e. The van der Waals surface area contributed by atoms with Crippen LogP contribution in [-0.4, -0.2) is 75.5 Å². The van der Waals surface area contributed by atoms with Gasteiger partial charge in [-0.25, -0.2) is 0 Å². The molecule has 0 aromatic rings. The number of rotatable bonds is 45. The molecule has 0 rings (SSSR count). The van der Waals surface area contributed by atoms with Gasteiger partial charge in [-0.3, -0.25) is 9.59 Å². The van der Waals surface area contributed by atoms with Crippen molar-refractivity contribution in [3.05, 3.63) is 24.3 Å². The van der Waals surface area contributed by atoms with Gasteiger partial charge in [0.2, 0.25) is 0 Å². The molecule has 0 aliphatic rings. The predicted molar refractivity (Wildman–Crippen MR) is 245 cm³/mol. The fourth-order valence-corrected chi connectivity index (χ4v) is 7.41. The first-order chi connectivity index (χ1) is 28.6. The third-order valence-electron chi connectivity index (χ3n) is 11.3. The molecule has 0 saturated heterocycles. The van der Waals surface area contributed by atoms with Crippen LogP contribution in [0.15, 0.2) is 24.3 Å². The molecule has 0 aromatic heterocycles. The van der Waals surface area contributed by atoms with E-state index in [2.05, 4.69) is 38.2 Å². The number of carboxylic acid groups (broad SMARTS) is 1. The van der Waals surface area contributed by atoms with E-state index in [1.165, 1.54) is 148 Å². The Morgan fingerprint density at radius 3 is 1.22 bits per heavy atom. The van der Waals surface area contributed by atoms with Crippen LogP contribution in [0.5, 0.6) is 0 Å². The molecule has 2 unspecified atom stereocenters. The molecule has 0 heterocycles. The number of carbonyl (C=O) groups is 3. The van der Waals surface area contributed by atoms with Gasteiger partial charge in [0.1, 0.15) is 12.6 Å². The molecule has 346 valence electrons. The highest BCUT2D eigenvalue weighted by Crippen LogP contribution is 2.15. The van der Waals surface area contributed by atoms with E-state index in [9.17, 15) is 19.5 Å². The van der Waals surface area contributed by atoms with Gasteiger partial charge in [0.15, 0.2) is 6.10 Å². The van der Waals surface area contributed by atoms with Gasteiger partial charge in [-0.1, -0.05) is 173 Å². The maximum atomic E-state index is 12.7. The van der Waals surface area contributed by atoms with Crippen molar-refractivity contribution in [3.63, 3.8) is 0 Å². The number of likely N-dealkylation sites (N-methyl/N-ethyl adjacent to an activating group) is 1. The zero-order valence-corrected chi connectivity index (χ0v) is 39.4. The summed E-state index contributed by atoms with van der Waals surface area (Å²) < 4.78 is 17.2. The van der Waals surface area contributed by atoms with E-state index in [4.69, 9.17) is 14.2 Å². The van der Waals surface area contributed by atoms with E-state index in [-0.39, 0.29) is 42.7 Å². The highest BCUT2D eigenvalue weighted by molar-refractivity contribution is 5.70. The summed E-state index contributed by atoms with van der Waals surface area (Å²) in [6.45, 7) is 4.67. The van der Waals surface area contributed by atoms with Crippen LogP contribution in [0.1, 0.15) is 232 Å². The van der Waals surface area contributed by atoms with Crippen molar-refractivity contribution in [2.24, 2.45) is 0 Å². The highest BCUT2D eigenvalue weighted by Gasteiger charge is 2.25. The maximum Gasteiger partial charge on any atom is 0.306 e. The Bertz CT molecular complexity index is 1020. The van der Waals surface area contributed by atoms with Crippen molar-refractivity contribution in [3.8, 4) is 0 Å². The molecule has 0 fully saturated rings. The molecular formula is C51H95NO7. The molecule has 0 aromatic carbocycles. The minimum atomic E-state index is -1.12. The Kier molecular flexibility index (Phi) is 40.9. The summed E-state index contributed by atoms with van der Waals surface area (Å²) in [5.74, 6) is -1.74. The second kappa shape index (κ2) is 42.5. The number of allylic oxidation sites excluding steroid dienone is 4. The van der Waals surface area contributed by atoms with E-state index in [0.29, 0.717) is 12.8 Å². The fraction of sp³-hybridized carbons (Fsp3) is 0.863. The normalized spacial score (nSPS) is 13.0. The number of carbonyl (C=O) groups excluding carboxylic acids is 3. The lowest BCUT2D eigenvalue weighted by Crippen LogP contribution is -2.55. The Labute approximate surface area is 364 Å². The smallest absolute Gasteiger partial charge is 0.306 e. The van der Waals surface area contributed by atoms with Gasteiger partial charge in [0.25, 0.3) is 0 Å². The van der Waals surface area contributed by atoms with Gasteiger partial charge >= 0.3 is 11.9 Å². The Hall–Kier alpha value is -2.19. The summed E-state index contributed by atoms with van der Waals surface area (Å²) in [4.78, 5) is 37.0. The summed E-state index contributed by atoms with van der Waals surface area (Å²) in [5, 5.41) is 11.6. The molecule has 2 atom stereocenters. The highest BCUT2D eigenvalue weighted by atomic mass is 16.6. The minimum absolute atomic E-state index is 0.0391. The fourth-order valence-electron chi connectivity index (χ4n) is 7.41. The molecule has 0 saturated carbocycles. The summed E-state index contributed by atoms with van der Waals surface area (Å²) in [6.07, 6.45) is 47.7. The molecular weight excluding hydrogens is 739 g/mol. The van der Waals surface area contributed by atoms with Crippen molar-refractivity contribution in [1.82, 2.24) is 0 Å². The molecule has 0 amide bonds. The summed E-state index contributed by atoms with van der Waals surface area (Å²) in [5.41, 5.74) is 0. The molecule has 0 spiro atoms. The Morgan fingerprint density at radius 2 is 0.847 bits per heavy atom. The number of carboxylic acids is 1.